The SMILES string of the molecule is CC(Cc1ccc(-n2cnnn2)cc1)C(=O)O. The first-order valence-corrected chi connectivity index (χ1v) is 5.22. The molecule has 0 fully saturated rings. The van der Waals surface area contributed by atoms with Crippen LogP contribution in [0.1, 0.15) is 12.5 Å². The maximum atomic E-state index is 10.7. The van der Waals surface area contributed by atoms with Crippen molar-refractivity contribution in [3.63, 3.8) is 0 Å². The van der Waals surface area contributed by atoms with Crippen LogP contribution in [0, 0.1) is 5.92 Å². The van der Waals surface area contributed by atoms with Gasteiger partial charge in [-0.05, 0) is 34.5 Å². The zero-order valence-corrected chi connectivity index (χ0v) is 9.32. The average Bonchev–Trinajstić information content (AvgIpc) is 2.83. The molecule has 1 unspecified atom stereocenters. The van der Waals surface area contributed by atoms with Crippen LogP contribution in [-0.2, 0) is 11.2 Å². The number of aromatic nitrogens is 4. The number of tetrazole rings is 1. The van der Waals surface area contributed by atoms with Crippen molar-refractivity contribution < 1.29 is 9.90 Å². The minimum Gasteiger partial charge on any atom is -0.481 e. The Bertz CT molecular complexity index is 493. The highest BCUT2D eigenvalue weighted by molar-refractivity contribution is 5.69. The molecule has 0 spiro atoms. The standard InChI is InChI=1S/C11H12N4O2/c1-8(11(16)17)6-9-2-4-10(5-3-9)15-7-12-13-14-15/h2-5,7-8H,6H2,1H3,(H,16,17). The molecular formula is C11H12N4O2. The second-order valence-electron chi connectivity index (χ2n) is 3.86. The van der Waals surface area contributed by atoms with Gasteiger partial charge in [0.05, 0.1) is 11.6 Å². The van der Waals surface area contributed by atoms with E-state index in [2.05, 4.69) is 15.5 Å². The van der Waals surface area contributed by atoms with Crippen LogP contribution in [0.2, 0.25) is 0 Å². The molecule has 0 bridgehead atoms. The first kappa shape index (κ1) is 11.3. The van der Waals surface area contributed by atoms with Crippen molar-refractivity contribution in [2.24, 2.45) is 5.92 Å². The van der Waals surface area contributed by atoms with Crippen LogP contribution in [0.3, 0.4) is 0 Å². The molecule has 0 aliphatic rings. The van der Waals surface area contributed by atoms with E-state index in [-0.39, 0.29) is 5.92 Å². The second kappa shape index (κ2) is 4.73. The van der Waals surface area contributed by atoms with Crippen molar-refractivity contribution in [3.05, 3.63) is 36.2 Å². The topological polar surface area (TPSA) is 80.9 Å². The van der Waals surface area contributed by atoms with E-state index in [0.29, 0.717) is 6.42 Å². The summed E-state index contributed by atoms with van der Waals surface area (Å²) in [4.78, 5) is 10.7. The molecule has 1 N–H and O–H groups in total. The molecule has 2 rings (SSSR count). The highest BCUT2D eigenvalue weighted by Gasteiger charge is 2.11. The summed E-state index contributed by atoms with van der Waals surface area (Å²) in [6, 6.07) is 7.49. The first-order chi connectivity index (χ1) is 8.16. The lowest BCUT2D eigenvalue weighted by molar-refractivity contribution is -0.141. The number of benzene rings is 1. The van der Waals surface area contributed by atoms with Gasteiger partial charge in [-0.15, -0.1) is 5.10 Å². The van der Waals surface area contributed by atoms with E-state index in [1.54, 1.807) is 11.6 Å². The number of hydrogen-bond acceptors (Lipinski definition) is 4. The van der Waals surface area contributed by atoms with Crippen molar-refractivity contribution in [1.82, 2.24) is 20.2 Å². The van der Waals surface area contributed by atoms with Gasteiger partial charge >= 0.3 is 5.97 Å². The van der Waals surface area contributed by atoms with E-state index in [4.69, 9.17) is 5.11 Å². The highest BCUT2D eigenvalue weighted by Crippen LogP contribution is 2.12. The van der Waals surface area contributed by atoms with Crippen molar-refractivity contribution >= 4 is 5.97 Å². The maximum Gasteiger partial charge on any atom is 0.306 e. The summed E-state index contributed by atoms with van der Waals surface area (Å²) in [5.74, 6) is -1.16. The van der Waals surface area contributed by atoms with Crippen LogP contribution in [0.4, 0.5) is 0 Å². The number of aliphatic carboxylic acids is 1. The van der Waals surface area contributed by atoms with E-state index < -0.39 is 5.97 Å². The Labute approximate surface area is 97.9 Å². The largest absolute Gasteiger partial charge is 0.481 e. The smallest absolute Gasteiger partial charge is 0.306 e. The number of carbonyl (C=O) groups is 1. The molecule has 6 heteroatoms. The summed E-state index contributed by atoms with van der Waals surface area (Å²) in [5, 5.41) is 19.7. The number of rotatable bonds is 4. The highest BCUT2D eigenvalue weighted by atomic mass is 16.4. The van der Waals surface area contributed by atoms with E-state index in [0.717, 1.165) is 11.3 Å². The number of carboxylic acids is 1. The Balaban J connectivity index is 2.11. The Morgan fingerprint density at radius 1 is 1.41 bits per heavy atom. The van der Waals surface area contributed by atoms with E-state index >= 15 is 0 Å². The van der Waals surface area contributed by atoms with Crippen LogP contribution in [0.15, 0.2) is 30.6 Å². The summed E-state index contributed by atoms with van der Waals surface area (Å²) < 4.78 is 1.55. The lowest BCUT2D eigenvalue weighted by atomic mass is 10.0. The fraction of sp³-hybridized carbons (Fsp3) is 0.273. The van der Waals surface area contributed by atoms with Crippen molar-refractivity contribution in [2.75, 3.05) is 0 Å². The number of hydrogen-bond donors (Lipinski definition) is 1. The fourth-order valence-electron chi connectivity index (χ4n) is 1.51. The van der Waals surface area contributed by atoms with E-state index in [9.17, 15) is 4.79 Å². The molecule has 17 heavy (non-hydrogen) atoms. The number of nitrogens with zero attached hydrogens (tertiary/aromatic N) is 4. The molecule has 0 aliphatic heterocycles. The van der Waals surface area contributed by atoms with Gasteiger partial charge in [0, 0.05) is 0 Å². The summed E-state index contributed by atoms with van der Waals surface area (Å²) in [6.07, 6.45) is 2.03. The van der Waals surface area contributed by atoms with E-state index in [1.165, 1.54) is 6.33 Å². The van der Waals surface area contributed by atoms with Gasteiger partial charge in [0.25, 0.3) is 0 Å². The monoisotopic (exact) mass is 232 g/mol. The molecule has 0 saturated carbocycles. The lowest BCUT2D eigenvalue weighted by Gasteiger charge is -2.06. The van der Waals surface area contributed by atoms with Crippen molar-refractivity contribution in [1.29, 1.82) is 0 Å². The lowest BCUT2D eigenvalue weighted by Crippen LogP contribution is -2.12. The summed E-state index contributed by atoms with van der Waals surface area (Å²) in [5.41, 5.74) is 1.83. The average molecular weight is 232 g/mol. The zero-order chi connectivity index (χ0) is 12.3. The Kier molecular flexibility index (Phi) is 3.13. The molecule has 6 nitrogen and oxygen atoms in total. The van der Waals surface area contributed by atoms with Crippen LogP contribution in [0.5, 0.6) is 0 Å². The van der Waals surface area contributed by atoms with Gasteiger partial charge < -0.3 is 5.11 Å². The molecule has 1 atom stereocenters. The van der Waals surface area contributed by atoms with Gasteiger partial charge in [-0.2, -0.15) is 0 Å². The quantitative estimate of drug-likeness (QED) is 0.847. The van der Waals surface area contributed by atoms with Gasteiger partial charge in [0.2, 0.25) is 0 Å². The third-order valence-electron chi connectivity index (χ3n) is 2.51. The van der Waals surface area contributed by atoms with Crippen LogP contribution in [0.25, 0.3) is 5.69 Å². The molecule has 0 amide bonds. The molecule has 1 heterocycles. The second-order valence-corrected chi connectivity index (χ2v) is 3.86. The van der Waals surface area contributed by atoms with Gasteiger partial charge in [-0.25, -0.2) is 4.68 Å². The normalized spacial score (nSPS) is 12.3. The molecule has 88 valence electrons. The molecular weight excluding hydrogens is 220 g/mol. The summed E-state index contributed by atoms with van der Waals surface area (Å²) in [6.45, 7) is 1.69. The van der Waals surface area contributed by atoms with Gasteiger partial charge in [0.1, 0.15) is 6.33 Å². The maximum absolute atomic E-state index is 10.7. The molecule has 2 aromatic rings. The molecule has 0 aliphatic carbocycles. The Hall–Kier alpha value is -2.24. The van der Waals surface area contributed by atoms with Crippen LogP contribution < -0.4 is 0 Å². The Morgan fingerprint density at radius 2 is 2.12 bits per heavy atom. The summed E-state index contributed by atoms with van der Waals surface area (Å²) >= 11 is 0. The summed E-state index contributed by atoms with van der Waals surface area (Å²) in [7, 11) is 0. The molecule has 1 aromatic carbocycles. The molecule has 1 aromatic heterocycles. The van der Waals surface area contributed by atoms with Gasteiger partial charge in [-0.3, -0.25) is 4.79 Å². The van der Waals surface area contributed by atoms with Gasteiger partial charge in [-0.1, -0.05) is 19.1 Å². The third kappa shape index (κ3) is 2.66. The van der Waals surface area contributed by atoms with Crippen LogP contribution >= 0.6 is 0 Å². The molecule has 0 radical (unpaired) electrons. The minimum absolute atomic E-state index is 0.381. The predicted octanol–water partition coefficient (Wildman–Crippen LogP) is 0.925. The number of carboxylic acid groups (broad SMARTS) is 1. The van der Waals surface area contributed by atoms with Crippen LogP contribution in [-0.4, -0.2) is 31.3 Å². The molecule has 0 saturated heterocycles. The van der Waals surface area contributed by atoms with Crippen molar-refractivity contribution in [2.45, 2.75) is 13.3 Å². The van der Waals surface area contributed by atoms with E-state index in [1.807, 2.05) is 24.3 Å². The minimum atomic E-state index is -0.783. The fourth-order valence-corrected chi connectivity index (χ4v) is 1.51. The third-order valence-corrected chi connectivity index (χ3v) is 2.51. The Morgan fingerprint density at radius 3 is 2.65 bits per heavy atom. The van der Waals surface area contributed by atoms with Crippen molar-refractivity contribution in [3.8, 4) is 5.69 Å². The predicted molar refractivity (Wildman–Crippen MR) is 59.7 cm³/mol. The first-order valence-electron chi connectivity index (χ1n) is 5.22. The zero-order valence-electron chi connectivity index (χ0n) is 9.32. The van der Waals surface area contributed by atoms with Gasteiger partial charge in [0.15, 0.2) is 0 Å².